The third-order valence-corrected chi connectivity index (χ3v) is 9.75. The van der Waals surface area contributed by atoms with Crippen LogP contribution >= 0.6 is 0 Å². The molecule has 0 spiro atoms. The first kappa shape index (κ1) is 51.2. The van der Waals surface area contributed by atoms with Crippen LogP contribution in [0.4, 0.5) is 0 Å². The fourth-order valence-corrected chi connectivity index (χ4v) is 7.03. The molecule has 0 amide bonds. The average Bonchev–Trinajstić information content (AvgIpc) is 2.99. The molecule has 0 rings (SSSR count). The van der Waals surface area contributed by atoms with Gasteiger partial charge in [0.15, 0.2) is 0 Å². The molecule has 6 heteroatoms. The fraction of sp³-hybridized carbons (Fsp3) is 1.00. The molecule has 0 aromatic rings. The smallest absolute Gasteiger partial charge is 0.103 e. The van der Waals surface area contributed by atoms with Crippen molar-refractivity contribution in [1.82, 2.24) is 0 Å². The molecule has 0 fully saturated rings. The van der Waals surface area contributed by atoms with Crippen molar-refractivity contribution < 1.29 is 54.0 Å². The van der Waals surface area contributed by atoms with Crippen LogP contribution in [0, 0.1) is 0 Å². The van der Waals surface area contributed by atoms with E-state index in [4.69, 9.17) is 0 Å². The quantitative estimate of drug-likeness (QED) is 0.0733. The molecule has 0 bridgehead atoms. The van der Waals surface area contributed by atoms with E-state index < -0.39 is 0 Å². The van der Waals surface area contributed by atoms with Crippen molar-refractivity contribution in [3.05, 3.63) is 0 Å². The molecule has 282 valence electrons. The van der Waals surface area contributed by atoms with Gasteiger partial charge in [-0.3, -0.25) is 0 Å². The van der Waals surface area contributed by atoms with Gasteiger partial charge in [-0.05, 0) is 65.2 Å². The lowest BCUT2D eigenvalue weighted by molar-refractivity contribution is -0.904. The minimum Gasteiger partial charge on any atom is -1.00 e. The van der Waals surface area contributed by atoms with Gasteiger partial charge in [-0.25, -0.2) is 0 Å². The number of hydrogen-bond acceptors (Lipinski definition) is 2. The van der Waals surface area contributed by atoms with Crippen LogP contribution in [0.2, 0.25) is 0 Å². The summed E-state index contributed by atoms with van der Waals surface area (Å²) in [6.45, 7) is 15.2. The number of aliphatic hydroxyl groups excluding tert-OH is 2. The zero-order chi connectivity index (χ0) is 32.4. The summed E-state index contributed by atoms with van der Waals surface area (Å²) in [5.74, 6) is 0. The minimum atomic E-state index is -0.194. The Kier molecular flexibility index (Phi) is 46.7. The van der Waals surface area contributed by atoms with Crippen molar-refractivity contribution in [3.8, 4) is 0 Å². The Balaban J connectivity index is -0.00000924. The van der Waals surface area contributed by atoms with Gasteiger partial charge in [0.05, 0.1) is 26.2 Å². The molecule has 0 saturated heterocycles. The summed E-state index contributed by atoms with van der Waals surface area (Å²) in [4.78, 5) is 3.22. The Morgan fingerprint density at radius 1 is 0.326 bits per heavy atom. The van der Waals surface area contributed by atoms with Gasteiger partial charge in [0, 0.05) is 0 Å². The third-order valence-electron chi connectivity index (χ3n) is 9.75. The Bertz CT molecular complexity index is 493. The van der Waals surface area contributed by atoms with Gasteiger partial charge in [0.2, 0.25) is 0 Å². The summed E-state index contributed by atoms with van der Waals surface area (Å²) >= 11 is 0. The number of halogens is 2. The monoisotopic (exact) mass is 785 g/mol. The molecule has 0 aliphatic rings. The molecule has 0 aromatic heterocycles. The minimum absolute atomic E-state index is 0. The zero-order valence-corrected chi connectivity index (χ0v) is 35.0. The van der Waals surface area contributed by atoms with Crippen LogP contribution in [0.15, 0.2) is 0 Å². The highest BCUT2D eigenvalue weighted by atomic mass is 79.9. The SMILES string of the molecule is CCCCCCCCCCCCCC[NH+](CCCCCC[NH+](CCCCCCCCCCCCCC)CC(C)O)CC(C)O.[Br-].[Br-]. The van der Waals surface area contributed by atoms with Crippen LogP contribution in [0.5, 0.6) is 0 Å². The fourth-order valence-electron chi connectivity index (χ4n) is 7.03. The van der Waals surface area contributed by atoms with E-state index in [0.29, 0.717) is 0 Å². The Morgan fingerprint density at radius 3 is 0.674 bits per heavy atom. The molecular weight excluding hydrogens is 700 g/mol. The third kappa shape index (κ3) is 41.0. The van der Waals surface area contributed by atoms with E-state index in [0.717, 1.165) is 13.1 Å². The van der Waals surface area contributed by atoms with Gasteiger partial charge in [0.1, 0.15) is 25.3 Å². The lowest BCUT2D eigenvalue weighted by Gasteiger charge is -2.22. The van der Waals surface area contributed by atoms with Gasteiger partial charge in [-0.1, -0.05) is 142 Å². The van der Waals surface area contributed by atoms with E-state index in [9.17, 15) is 10.2 Å². The summed E-state index contributed by atoms with van der Waals surface area (Å²) in [7, 11) is 0. The predicted molar refractivity (Wildman–Crippen MR) is 195 cm³/mol. The van der Waals surface area contributed by atoms with Gasteiger partial charge in [-0.15, -0.1) is 0 Å². The molecule has 4 N–H and O–H groups in total. The van der Waals surface area contributed by atoms with E-state index >= 15 is 0 Å². The second-order valence-corrected chi connectivity index (χ2v) is 14.8. The summed E-state index contributed by atoms with van der Waals surface area (Å²) in [5.41, 5.74) is 0. The highest BCUT2D eigenvalue weighted by Crippen LogP contribution is 2.13. The summed E-state index contributed by atoms with van der Waals surface area (Å²) in [6, 6.07) is 0. The molecule has 4 atom stereocenters. The van der Waals surface area contributed by atoms with Crippen LogP contribution in [-0.4, -0.2) is 61.7 Å². The normalized spacial score (nSPS) is 14.0. The zero-order valence-electron chi connectivity index (χ0n) is 31.8. The lowest BCUT2D eigenvalue weighted by atomic mass is 10.1. The van der Waals surface area contributed by atoms with Crippen molar-refractivity contribution >= 4 is 0 Å². The first-order valence-electron chi connectivity index (χ1n) is 20.5. The van der Waals surface area contributed by atoms with E-state index in [1.165, 1.54) is 206 Å². The summed E-state index contributed by atoms with van der Waals surface area (Å²) in [5, 5.41) is 20.1. The number of rotatable bonds is 37. The maximum Gasteiger partial charge on any atom is 0.103 e. The Labute approximate surface area is 311 Å². The lowest BCUT2D eigenvalue weighted by Crippen LogP contribution is -3.13. The van der Waals surface area contributed by atoms with Crippen LogP contribution in [0.3, 0.4) is 0 Å². The molecular formula is C40H86Br2N2O2. The Hall–Kier alpha value is 0.800. The van der Waals surface area contributed by atoms with Crippen LogP contribution in [0.25, 0.3) is 0 Å². The molecule has 4 unspecified atom stereocenters. The van der Waals surface area contributed by atoms with E-state index in [2.05, 4.69) is 13.8 Å². The molecule has 0 heterocycles. The van der Waals surface area contributed by atoms with Crippen molar-refractivity contribution in [2.45, 2.75) is 220 Å². The number of nitrogens with one attached hydrogen (secondary N) is 2. The number of aliphatic hydroxyl groups is 2. The van der Waals surface area contributed by atoms with E-state index in [-0.39, 0.29) is 46.2 Å². The molecule has 0 aromatic carbocycles. The van der Waals surface area contributed by atoms with Gasteiger partial charge >= 0.3 is 0 Å². The Morgan fingerprint density at radius 2 is 0.500 bits per heavy atom. The molecule has 0 radical (unpaired) electrons. The largest absolute Gasteiger partial charge is 1.00 e. The van der Waals surface area contributed by atoms with Crippen molar-refractivity contribution in [2.75, 3.05) is 39.3 Å². The van der Waals surface area contributed by atoms with Gasteiger partial charge in [0.25, 0.3) is 0 Å². The topological polar surface area (TPSA) is 49.3 Å². The van der Waals surface area contributed by atoms with Crippen molar-refractivity contribution in [1.29, 1.82) is 0 Å². The average molecular weight is 787 g/mol. The molecule has 46 heavy (non-hydrogen) atoms. The summed E-state index contributed by atoms with van der Waals surface area (Å²) in [6.07, 6.45) is 38.5. The standard InChI is InChI=1S/C40H84N2O2.2BrH/c1-5-7-9-11-13-15-17-19-21-23-25-29-33-41(37-39(3)43)35-31-27-28-32-36-42(38-40(4)44)34-30-26-24-22-20-18-16-14-12-10-8-6-2;;/h39-40,43-44H,5-38H2,1-4H3;2*1H. The first-order valence-corrected chi connectivity index (χ1v) is 20.5. The predicted octanol–water partition coefficient (Wildman–Crippen LogP) is 2.49. The van der Waals surface area contributed by atoms with Crippen molar-refractivity contribution in [2.24, 2.45) is 0 Å². The number of hydrogen-bond donors (Lipinski definition) is 4. The van der Waals surface area contributed by atoms with Crippen LogP contribution in [0.1, 0.15) is 207 Å². The second kappa shape index (κ2) is 42.0. The van der Waals surface area contributed by atoms with Crippen molar-refractivity contribution in [3.63, 3.8) is 0 Å². The van der Waals surface area contributed by atoms with Gasteiger partial charge < -0.3 is 54.0 Å². The highest BCUT2D eigenvalue weighted by molar-refractivity contribution is 4.52. The second-order valence-electron chi connectivity index (χ2n) is 14.8. The number of quaternary nitrogens is 2. The number of unbranched alkanes of at least 4 members (excludes halogenated alkanes) is 25. The molecule has 4 nitrogen and oxygen atoms in total. The molecule has 0 saturated carbocycles. The molecule has 0 aliphatic carbocycles. The first-order chi connectivity index (χ1) is 21.5. The van der Waals surface area contributed by atoms with E-state index in [1.54, 1.807) is 9.80 Å². The summed E-state index contributed by atoms with van der Waals surface area (Å²) < 4.78 is 0. The maximum atomic E-state index is 10.0. The van der Waals surface area contributed by atoms with E-state index in [1.807, 2.05) is 13.8 Å². The van der Waals surface area contributed by atoms with Gasteiger partial charge in [-0.2, -0.15) is 0 Å². The highest BCUT2D eigenvalue weighted by Gasteiger charge is 2.13. The van der Waals surface area contributed by atoms with Crippen LogP contribution < -0.4 is 43.8 Å². The van der Waals surface area contributed by atoms with Crippen LogP contribution in [-0.2, 0) is 0 Å². The molecule has 0 aliphatic heterocycles. The maximum absolute atomic E-state index is 10.0.